The van der Waals surface area contributed by atoms with Crippen molar-refractivity contribution in [2.75, 3.05) is 52.9 Å². The standard InChI is InChI=1S/C26H42O7/c1-3-5-7-11-15-29-17-18-31-20-22-33-26(28)24-14-10-9-13-23(24)25(27)32-21-19-30-16-12-8-6-4-2/h9-10,13-14H,3-8,11-12,15-22H2,1-2H3. The fraction of sp³-hybridized carbons (Fsp3) is 0.692. The van der Waals surface area contributed by atoms with Crippen LogP contribution in [0.25, 0.3) is 0 Å². The van der Waals surface area contributed by atoms with Gasteiger partial charge in [-0.3, -0.25) is 0 Å². The van der Waals surface area contributed by atoms with Crippen LogP contribution in [0.15, 0.2) is 24.3 Å². The number of unbranched alkanes of at least 4 members (excludes halogenated alkanes) is 6. The van der Waals surface area contributed by atoms with Gasteiger partial charge in [0.15, 0.2) is 0 Å². The van der Waals surface area contributed by atoms with Gasteiger partial charge in [0.25, 0.3) is 0 Å². The number of rotatable bonds is 21. The van der Waals surface area contributed by atoms with Gasteiger partial charge in [-0.15, -0.1) is 0 Å². The summed E-state index contributed by atoms with van der Waals surface area (Å²) >= 11 is 0. The van der Waals surface area contributed by atoms with Crippen molar-refractivity contribution in [1.82, 2.24) is 0 Å². The zero-order valence-corrected chi connectivity index (χ0v) is 20.5. The van der Waals surface area contributed by atoms with E-state index >= 15 is 0 Å². The first kappa shape index (κ1) is 29.1. The third-order valence-corrected chi connectivity index (χ3v) is 4.95. The van der Waals surface area contributed by atoms with Crippen LogP contribution in [0.4, 0.5) is 0 Å². The highest BCUT2D eigenvalue weighted by atomic mass is 16.6. The van der Waals surface area contributed by atoms with Crippen molar-refractivity contribution in [3.63, 3.8) is 0 Å². The van der Waals surface area contributed by atoms with Crippen molar-refractivity contribution >= 4 is 11.9 Å². The van der Waals surface area contributed by atoms with Gasteiger partial charge in [-0.2, -0.15) is 0 Å². The molecule has 0 fully saturated rings. The van der Waals surface area contributed by atoms with Crippen LogP contribution >= 0.6 is 0 Å². The molecule has 188 valence electrons. The first-order valence-corrected chi connectivity index (χ1v) is 12.4. The van der Waals surface area contributed by atoms with Gasteiger partial charge >= 0.3 is 11.9 Å². The summed E-state index contributed by atoms with van der Waals surface area (Å²) < 4.78 is 26.9. The van der Waals surface area contributed by atoms with Crippen LogP contribution in [-0.4, -0.2) is 64.8 Å². The second-order valence-electron chi connectivity index (χ2n) is 7.78. The smallest absolute Gasteiger partial charge is 0.339 e. The predicted octanol–water partition coefficient (Wildman–Crippen LogP) is 5.21. The van der Waals surface area contributed by atoms with Gasteiger partial charge in [0.1, 0.15) is 13.2 Å². The molecule has 0 saturated heterocycles. The second-order valence-corrected chi connectivity index (χ2v) is 7.78. The lowest BCUT2D eigenvalue weighted by molar-refractivity contribution is 0.0137. The minimum Gasteiger partial charge on any atom is -0.460 e. The Morgan fingerprint density at radius 1 is 0.545 bits per heavy atom. The van der Waals surface area contributed by atoms with Gasteiger partial charge in [0.2, 0.25) is 0 Å². The largest absolute Gasteiger partial charge is 0.460 e. The van der Waals surface area contributed by atoms with Crippen molar-refractivity contribution in [2.24, 2.45) is 0 Å². The number of benzene rings is 1. The van der Waals surface area contributed by atoms with Crippen LogP contribution in [0, 0.1) is 0 Å². The fourth-order valence-corrected chi connectivity index (χ4v) is 3.07. The van der Waals surface area contributed by atoms with E-state index in [1.807, 2.05) is 0 Å². The van der Waals surface area contributed by atoms with Crippen molar-refractivity contribution in [3.05, 3.63) is 35.4 Å². The molecule has 0 aliphatic carbocycles. The van der Waals surface area contributed by atoms with E-state index in [9.17, 15) is 9.59 Å². The van der Waals surface area contributed by atoms with Crippen molar-refractivity contribution in [3.8, 4) is 0 Å². The predicted molar refractivity (Wildman–Crippen MR) is 128 cm³/mol. The van der Waals surface area contributed by atoms with E-state index in [0.29, 0.717) is 26.4 Å². The Bertz CT molecular complexity index is 633. The van der Waals surface area contributed by atoms with Crippen molar-refractivity contribution in [2.45, 2.75) is 65.2 Å². The van der Waals surface area contributed by atoms with Crippen LogP contribution in [0.1, 0.15) is 85.9 Å². The highest BCUT2D eigenvalue weighted by molar-refractivity contribution is 6.03. The summed E-state index contributed by atoms with van der Waals surface area (Å²) in [4.78, 5) is 24.8. The van der Waals surface area contributed by atoms with Gasteiger partial charge in [0, 0.05) is 13.2 Å². The molecule has 0 heterocycles. The molecule has 7 heteroatoms. The average molecular weight is 467 g/mol. The zero-order chi connectivity index (χ0) is 24.0. The lowest BCUT2D eigenvalue weighted by atomic mass is 10.1. The molecule has 0 N–H and O–H groups in total. The molecule has 1 aromatic rings. The Morgan fingerprint density at radius 3 is 1.36 bits per heavy atom. The maximum absolute atomic E-state index is 12.4. The molecule has 0 atom stereocenters. The Balaban J connectivity index is 2.20. The Hall–Kier alpha value is -1.96. The lowest BCUT2D eigenvalue weighted by Crippen LogP contribution is -2.18. The summed E-state index contributed by atoms with van der Waals surface area (Å²) in [5.41, 5.74) is 0.362. The molecule has 0 saturated carbocycles. The van der Waals surface area contributed by atoms with E-state index in [-0.39, 0.29) is 30.9 Å². The molecule has 0 spiro atoms. The number of hydrogen-bond donors (Lipinski definition) is 0. The first-order chi connectivity index (χ1) is 16.2. The molecular formula is C26H42O7. The van der Waals surface area contributed by atoms with Crippen LogP contribution in [-0.2, 0) is 23.7 Å². The van der Waals surface area contributed by atoms with Crippen LogP contribution in [0.2, 0.25) is 0 Å². The Morgan fingerprint density at radius 2 is 0.939 bits per heavy atom. The summed E-state index contributed by atoms with van der Waals surface area (Å²) in [5.74, 6) is -1.14. The number of esters is 2. The van der Waals surface area contributed by atoms with E-state index in [0.717, 1.165) is 25.9 Å². The molecule has 0 bridgehead atoms. The number of carbonyl (C=O) groups is 2. The maximum atomic E-state index is 12.4. The number of carbonyl (C=O) groups excluding carboxylic acids is 2. The summed E-state index contributed by atoms with van der Waals surface area (Å²) in [7, 11) is 0. The van der Waals surface area contributed by atoms with Gasteiger partial charge < -0.3 is 23.7 Å². The molecule has 0 unspecified atom stereocenters. The van der Waals surface area contributed by atoms with Crippen molar-refractivity contribution in [1.29, 1.82) is 0 Å². The Kier molecular flexibility index (Phi) is 18.2. The van der Waals surface area contributed by atoms with Gasteiger partial charge in [-0.25, -0.2) is 9.59 Å². The third-order valence-electron chi connectivity index (χ3n) is 4.95. The minimum absolute atomic E-state index is 0.102. The topological polar surface area (TPSA) is 80.3 Å². The average Bonchev–Trinajstić information content (AvgIpc) is 2.84. The molecule has 0 amide bonds. The maximum Gasteiger partial charge on any atom is 0.339 e. The fourth-order valence-electron chi connectivity index (χ4n) is 3.07. The monoisotopic (exact) mass is 466 g/mol. The molecular weight excluding hydrogens is 424 g/mol. The van der Waals surface area contributed by atoms with E-state index in [4.69, 9.17) is 23.7 Å². The molecule has 7 nitrogen and oxygen atoms in total. The van der Waals surface area contributed by atoms with Crippen molar-refractivity contribution < 1.29 is 33.3 Å². The molecule has 1 rings (SSSR count). The highest BCUT2D eigenvalue weighted by Crippen LogP contribution is 2.12. The molecule has 1 aromatic carbocycles. The van der Waals surface area contributed by atoms with Crippen LogP contribution in [0.3, 0.4) is 0 Å². The quantitative estimate of drug-likeness (QED) is 0.182. The van der Waals surface area contributed by atoms with E-state index < -0.39 is 11.9 Å². The summed E-state index contributed by atoms with van der Waals surface area (Å²) in [6, 6.07) is 6.47. The molecule has 0 radical (unpaired) electrons. The number of hydrogen-bond acceptors (Lipinski definition) is 7. The van der Waals surface area contributed by atoms with E-state index in [1.165, 1.54) is 32.1 Å². The molecule has 0 aromatic heterocycles. The molecule has 0 aliphatic rings. The third kappa shape index (κ3) is 14.7. The SMILES string of the molecule is CCCCCCOCCOCCOC(=O)c1ccccc1C(=O)OCCOCCCCCC. The van der Waals surface area contributed by atoms with Gasteiger partial charge in [-0.05, 0) is 25.0 Å². The zero-order valence-electron chi connectivity index (χ0n) is 20.5. The first-order valence-electron chi connectivity index (χ1n) is 12.4. The molecule has 0 aliphatic heterocycles. The normalized spacial score (nSPS) is 10.8. The minimum atomic E-state index is -0.578. The lowest BCUT2D eigenvalue weighted by Gasteiger charge is -2.10. The number of ether oxygens (including phenoxy) is 5. The summed E-state index contributed by atoms with van der Waals surface area (Å²) in [6.07, 6.45) is 9.23. The highest BCUT2D eigenvalue weighted by Gasteiger charge is 2.18. The summed E-state index contributed by atoms with van der Waals surface area (Å²) in [5, 5.41) is 0. The Labute approximate surface area is 199 Å². The van der Waals surface area contributed by atoms with Crippen LogP contribution in [0.5, 0.6) is 0 Å². The van der Waals surface area contributed by atoms with E-state index in [2.05, 4.69) is 13.8 Å². The summed E-state index contributed by atoms with van der Waals surface area (Å²) in [6.45, 7) is 7.58. The molecule has 33 heavy (non-hydrogen) atoms. The van der Waals surface area contributed by atoms with Crippen LogP contribution < -0.4 is 0 Å². The van der Waals surface area contributed by atoms with E-state index in [1.54, 1.807) is 24.3 Å². The van der Waals surface area contributed by atoms with Gasteiger partial charge in [0.05, 0.1) is 37.6 Å². The second kappa shape index (κ2) is 20.6. The van der Waals surface area contributed by atoms with Gasteiger partial charge in [-0.1, -0.05) is 64.5 Å².